The summed E-state index contributed by atoms with van der Waals surface area (Å²) in [4.78, 5) is 6.94. The average Bonchev–Trinajstić information content (AvgIpc) is 2.39. The van der Waals surface area contributed by atoms with Crippen LogP contribution in [-0.2, 0) is 0 Å². The summed E-state index contributed by atoms with van der Waals surface area (Å²) in [7, 11) is 0. The van der Waals surface area contributed by atoms with Crippen LogP contribution in [0.15, 0.2) is 18.3 Å². The molecule has 1 unspecified atom stereocenters. The number of hydrogen-bond acceptors (Lipinski definition) is 3. The fourth-order valence-electron chi connectivity index (χ4n) is 2.64. The number of nitrogens with zero attached hydrogens (tertiary/aromatic N) is 2. The van der Waals surface area contributed by atoms with Crippen molar-refractivity contribution in [3.63, 3.8) is 0 Å². The van der Waals surface area contributed by atoms with E-state index in [4.69, 9.17) is 5.73 Å². The zero-order valence-electron chi connectivity index (χ0n) is 11.8. The molecule has 1 aliphatic rings. The third kappa shape index (κ3) is 2.66. The first-order chi connectivity index (χ1) is 8.56. The first-order valence-electron chi connectivity index (χ1n) is 7.01. The number of anilines is 1. The van der Waals surface area contributed by atoms with Crippen LogP contribution in [0.1, 0.15) is 51.6 Å². The van der Waals surface area contributed by atoms with Crippen molar-refractivity contribution in [2.24, 2.45) is 11.1 Å². The molecule has 1 aliphatic heterocycles. The summed E-state index contributed by atoms with van der Waals surface area (Å²) in [6.07, 6.45) is 5.63. The Labute approximate surface area is 110 Å². The number of aromatic nitrogens is 1. The molecule has 1 atom stereocenters. The van der Waals surface area contributed by atoms with Crippen LogP contribution in [0.2, 0.25) is 0 Å². The molecule has 0 bridgehead atoms. The Morgan fingerprint density at radius 1 is 1.44 bits per heavy atom. The summed E-state index contributed by atoms with van der Waals surface area (Å²) < 4.78 is 0. The van der Waals surface area contributed by atoms with Crippen LogP contribution < -0.4 is 10.6 Å². The normalized spacial score (nSPS) is 20.8. The molecule has 0 spiro atoms. The smallest absolute Gasteiger partial charge is 0.133 e. The molecule has 1 aromatic heterocycles. The fourth-order valence-corrected chi connectivity index (χ4v) is 2.64. The third-order valence-corrected chi connectivity index (χ3v) is 4.43. The standard InChI is InChI=1S/C15H25N3/c1-4-15(3)7-10-18(11-8-15)14-13(12(2)16)6-5-9-17-14/h5-6,9,12H,4,7-8,10-11,16H2,1-3H3. The van der Waals surface area contributed by atoms with Crippen LogP contribution >= 0.6 is 0 Å². The second-order valence-electron chi connectivity index (χ2n) is 5.86. The SMILES string of the molecule is CCC1(C)CCN(c2ncccc2C(C)N)CC1. The van der Waals surface area contributed by atoms with Gasteiger partial charge in [-0.2, -0.15) is 0 Å². The molecule has 0 amide bonds. The second-order valence-corrected chi connectivity index (χ2v) is 5.86. The minimum atomic E-state index is 0.0492. The number of hydrogen-bond donors (Lipinski definition) is 1. The quantitative estimate of drug-likeness (QED) is 0.892. The summed E-state index contributed by atoms with van der Waals surface area (Å²) in [5.41, 5.74) is 7.71. The molecule has 2 rings (SSSR count). The minimum Gasteiger partial charge on any atom is -0.356 e. The van der Waals surface area contributed by atoms with E-state index in [9.17, 15) is 0 Å². The predicted octanol–water partition coefficient (Wildman–Crippen LogP) is 3.12. The highest BCUT2D eigenvalue weighted by Gasteiger charge is 2.29. The topological polar surface area (TPSA) is 42.2 Å². The van der Waals surface area contributed by atoms with Gasteiger partial charge in [0, 0.05) is 30.9 Å². The van der Waals surface area contributed by atoms with Gasteiger partial charge in [0.15, 0.2) is 0 Å². The Morgan fingerprint density at radius 2 is 2.11 bits per heavy atom. The van der Waals surface area contributed by atoms with Crippen LogP contribution in [0.5, 0.6) is 0 Å². The number of piperidine rings is 1. The summed E-state index contributed by atoms with van der Waals surface area (Å²) in [6.45, 7) is 8.92. The van der Waals surface area contributed by atoms with Crippen LogP contribution in [0, 0.1) is 5.41 Å². The highest BCUT2D eigenvalue weighted by atomic mass is 15.2. The number of nitrogens with two attached hydrogens (primary N) is 1. The van der Waals surface area contributed by atoms with Crippen molar-refractivity contribution in [2.45, 2.75) is 46.1 Å². The Morgan fingerprint density at radius 3 is 2.67 bits per heavy atom. The maximum Gasteiger partial charge on any atom is 0.133 e. The maximum absolute atomic E-state index is 6.03. The van der Waals surface area contributed by atoms with Crippen molar-refractivity contribution in [2.75, 3.05) is 18.0 Å². The van der Waals surface area contributed by atoms with Gasteiger partial charge in [0.2, 0.25) is 0 Å². The molecule has 0 saturated carbocycles. The molecule has 2 N–H and O–H groups in total. The first-order valence-corrected chi connectivity index (χ1v) is 7.01. The highest BCUT2D eigenvalue weighted by molar-refractivity contribution is 5.48. The monoisotopic (exact) mass is 247 g/mol. The van der Waals surface area contributed by atoms with Gasteiger partial charge in [-0.05, 0) is 31.2 Å². The summed E-state index contributed by atoms with van der Waals surface area (Å²) >= 11 is 0. The van der Waals surface area contributed by atoms with E-state index in [0.29, 0.717) is 5.41 Å². The lowest BCUT2D eigenvalue weighted by Crippen LogP contribution is -2.39. The Balaban J connectivity index is 2.15. The zero-order valence-corrected chi connectivity index (χ0v) is 11.8. The Bertz CT molecular complexity index is 392. The van der Waals surface area contributed by atoms with Crippen molar-refractivity contribution in [3.05, 3.63) is 23.9 Å². The van der Waals surface area contributed by atoms with Gasteiger partial charge in [0.1, 0.15) is 5.82 Å². The molecular formula is C15H25N3. The number of rotatable bonds is 3. The lowest BCUT2D eigenvalue weighted by atomic mass is 9.78. The molecular weight excluding hydrogens is 222 g/mol. The van der Waals surface area contributed by atoms with E-state index in [2.05, 4.69) is 29.8 Å². The van der Waals surface area contributed by atoms with Gasteiger partial charge in [-0.3, -0.25) is 0 Å². The van der Waals surface area contributed by atoms with E-state index in [1.807, 2.05) is 19.2 Å². The van der Waals surface area contributed by atoms with Crippen LogP contribution in [0.4, 0.5) is 5.82 Å². The molecule has 0 aromatic carbocycles. The largest absolute Gasteiger partial charge is 0.356 e. The number of pyridine rings is 1. The minimum absolute atomic E-state index is 0.0492. The average molecular weight is 247 g/mol. The van der Waals surface area contributed by atoms with Gasteiger partial charge in [0.25, 0.3) is 0 Å². The Kier molecular flexibility index (Phi) is 3.91. The maximum atomic E-state index is 6.03. The van der Waals surface area contributed by atoms with Gasteiger partial charge in [-0.25, -0.2) is 4.98 Å². The van der Waals surface area contributed by atoms with E-state index in [-0.39, 0.29) is 6.04 Å². The molecule has 0 aliphatic carbocycles. The summed E-state index contributed by atoms with van der Waals surface area (Å²) in [5.74, 6) is 1.09. The van der Waals surface area contributed by atoms with Crippen molar-refractivity contribution in [3.8, 4) is 0 Å². The van der Waals surface area contributed by atoms with E-state index in [0.717, 1.165) is 24.5 Å². The highest BCUT2D eigenvalue weighted by Crippen LogP contribution is 2.36. The zero-order chi connectivity index (χ0) is 13.2. The van der Waals surface area contributed by atoms with Crippen LogP contribution in [0.25, 0.3) is 0 Å². The van der Waals surface area contributed by atoms with Gasteiger partial charge in [-0.15, -0.1) is 0 Å². The van der Waals surface area contributed by atoms with E-state index < -0.39 is 0 Å². The molecule has 3 heteroatoms. The molecule has 100 valence electrons. The van der Waals surface area contributed by atoms with Crippen LogP contribution in [0.3, 0.4) is 0 Å². The van der Waals surface area contributed by atoms with E-state index in [1.165, 1.54) is 19.3 Å². The molecule has 1 fully saturated rings. The molecule has 1 aromatic rings. The molecule has 1 saturated heterocycles. The van der Waals surface area contributed by atoms with Crippen molar-refractivity contribution in [1.82, 2.24) is 4.98 Å². The second kappa shape index (κ2) is 5.27. The fraction of sp³-hybridized carbons (Fsp3) is 0.667. The molecule has 18 heavy (non-hydrogen) atoms. The third-order valence-electron chi connectivity index (χ3n) is 4.43. The van der Waals surface area contributed by atoms with Gasteiger partial charge >= 0.3 is 0 Å². The van der Waals surface area contributed by atoms with Gasteiger partial charge in [0.05, 0.1) is 0 Å². The molecule has 3 nitrogen and oxygen atoms in total. The summed E-state index contributed by atoms with van der Waals surface area (Å²) in [6, 6.07) is 4.12. The lowest BCUT2D eigenvalue weighted by molar-refractivity contribution is 0.237. The van der Waals surface area contributed by atoms with Crippen molar-refractivity contribution in [1.29, 1.82) is 0 Å². The van der Waals surface area contributed by atoms with E-state index >= 15 is 0 Å². The van der Waals surface area contributed by atoms with Crippen molar-refractivity contribution < 1.29 is 0 Å². The van der Waals surface area contributed by atoms with Crippen molar-refractivity contribution >= 4 is 5.82 Å². The summed E-state index contributed by atoms with van der Waals surface area (Å²) in [5, 5.41) is 0. The molecule has 0 radical (unpaired) electrons. The predicted molar refractivity (Wildman–Crippen MR) is 76.7 cm³/mol. The lowest BCUT2D eigenvalue weighted by Gasteiger charge is -2.40. The Hall–Kier alpha value is -1.09. The van der Waals surface area contributed by atoms with Gasteiger partial charge < -0.3 is 10.6 Å². The molecule has 2 heterocycles. The van der Waals surface area contributed by atoms with Gasteiger partial charge in [-0.1, -0.05) is 26.3 Å². The van der Waals surface area contributed by atoms with Crippen LogP contribution in [-0.4, -0.2) is 18.1 Å². The van der Waals surface area contributed by atoms with E-state index in [1.54, 1.807) is 0 Å². The first kappa shape index (κ1) is 13.3.